The van der Waals surface area contributed by atoms with E-state index in [0.717, 1.165) is 35.4 Å². The average Bonchev–Trinajstić information content (AvgIpc) is 3.07. The molecule has 3 aromatic rings. The highest BCUT2D eigenvalue weighted by Gasteiger charge is 2.30. The SMILES string of the molecule is CC(C)S(=O)(=O)N1CCC(Nc2nc3ccccc3n2Cc2ccc(F)cc2)CC1. The Morgan fingerprint density at radius 1 is 1.10 bits per heavy atom. The summed E-state index contributed by atoms with van der Waals surface area (Å²) in [6, 6.07) is 14.6. The number of piperidine rings is 1. The summed E-state index contributed by atoms with van der Waals surface area (Å²) >= 11 is 0. The Balaban J connectivity index is 1.54. The maximum atomic E-state index is 13.3. The van der Waals surface area contributed by atoms with Crippen LogP contribution in [0.5, 0.6) is 0 Å². The summed E-state index contributed by atoms with van der Waals surface area (Å²) in [5.41, 5.74) is 2.88. The van der Waals surface area contributed by atoms with E-state index in [1.807, 2.05) is 24.3 Å². The first-order valence-electron chi connectivity index (χ1n) is 10.3. The van der Waals surface area contributed by atoms with Crippen molar-refractivity contribution in [3.63, 3.8) is 0 Å². The van der Waals surface area contributed by atoms with Crippen LogP contribution in [0.15, 0.2) is 48.5 Å². The number of anilines is 1. The van der Waals surface area contributed by atoms with E-state index in [0.29, 0.717) is 19.6 Å². The molecule has 8 heteroatoms. The fourth-order valence-corrected chi connectivity index (χ4v) is 5.17. The number of nitrogens with one attached hydrogen (secondary N) is 1. The molecule has 1 saturated heterocycles. The fourth-order valence-electron chi connectivity index (χ4n) is 3.85. The van der Waals surface area contributed by atoms with Crippen molar-refractivity contribution in [1.82, 2.24) is 13.9 Å². The molecule has 1 N–H and O–H groups in total. The Bertz CT molecular complexity index is 1120. The molecular formula is C22H27FN4O2S. The normalized spacial score (nSPS) is 16.4. The standard InChI is InChI=1S/C22H27FN4O2S/c1-16(2)30(28,29)26-13-11-19(12-14-26)24-22-25-20-5-3-4-6-21(20)27(22)15-17-7-9-18(23)10-8-17/h3-10,16,19H,11-15H2,1-2H3,(H,24,25). The monoisotopic (exact) mass is 430 g/mol. The van der Waals surface area contributed by atoms with Crippen LogP contribution in [0.3, 0.4) is 0 Å². The van der Waals surface area contributed by atoms with Crippen molar-refractivity contribution < 1.29 is 12.8 Å². The van der Waals surface area contributed by atoms with Crippen LogP contribution in [0.1, 0.15) is 32.3 Å². The van der Waals surface area contributed by atoms with Crippen LogP contribution in [0.2, 0.25) is 0 Å². The van der Waals surface area contributed by atoms with Gasteiger partial charge in [0.2, 0.25) is 16.0 Å². The molecule has 0 amide bonds. The summed E-state index contributed by atoms with van der Waals surface area (Å²) in [7, 11) is -3.22. The van der Waals surface area contributed by atoms with Crippen molar-refractivity contribution in [3.05, 3.63) is 59.9 Å². The molecule has 0 aliphatic carbocycles. The molecule has 0 radical (unpaired) electrons. The van der Waals surface area contributed by atoms with Gasteiger partial charge in [-0.25, -0.2) is 22.1 Å². The summed E-state index contributed by atoms with van der Waals surface area (Å²) in [5.74, 6) is 0.501. The lowest BCUT2D eigenvalue weighted by atomic mass is 10.1. The van der Waals surface area contributed by atoms with Gasteiger partial charge in [-0.1, -0.05) is 24.3 Å². The number of rotatable bonds is 6. The van der Waals surface area contributed by atoms with Gasteiger partial charge in [-0.2, -0.15) is 0 Å². The van der Waals surface area contributed by atoms with E-state index in [2.05, 4.69) is 9.88 Å². The zero-order chi connectivity index (χ0) is 21.3. The zero-order valence-electron chi connectivity index (χ0n) is 17.3. The average molecular weight is 431 g/mol. The second kappa shape index (κ2) is 8.35. The first-order valence-corrected chi connectivity index (χ1v) is 11.8. The molecule has 0 atom stereocenters. The second-order valence-corrected chi connectivity index (χ2v) is 10.5. The third-order valence-corrected chi connectivity index (χ3v) is 7.93. The largest absolute Gasteiger partial charge is 0.353 e. The number of benzene rings is 2. The fraction of sp³-hybridized carbons (Fsp3) is 0.409. The number of para-hydroxylation sites is 2. The van der Waals surface area contributed by atoms with Gasteiger partial charge in [0.25, 0.3) is 0 Å². The number of fused-ring (bicyclic) bond motifs is 1. The van der Waals surface area contributed by atoms with Gasteiger partial charge in [0, 0.05) is 19.1 Å². The number of aromatic nitrogens is 2. The van der Waals surface area contributed by atoms with Crippen molar-refractivity contribution in [3.8, 4) is 0 Å². The van der Waals surface area contributed by atoms with Gasteiger partial charge in [0.05, 0.1) is 22.8 Å². The molecule has 6 nitrogen and oxygen atoms in total. The molecule has 1 aliphatic heterocycles. The molecule has 0 spiro atoms. The van der Waals surface area contributed by atoms with E-state index in [1.54, 1.807) is 30.3 Å². The van der Waals surface area contributed by atoms with Crippen LogP contribution in [0, 0.1) is 5.82 Å². The van der Waals surface area contributed by atoms with E-state index < -0.39 is 15.3 Å². The Morgan fingerprint density at radius 2 is 1.77 bits per heavy atom. The Morgan fingerprint density at radius 3 is 2.43 bits per heavy atom. The maximum Gasteiger partial charge on any atom is 0.216 e. The quantitative estimate of drug-likeness (QED) is 0.645. The van der Waals surface area contributed by atoms with E-state index in [4.69, 9.17) is 4.98 Å². The minimum absolute atomic E-state index is 0.146. The van der Waals surface area contributed by atoms with Crippen LogP contribution in [0.4, 0.5) is 10.3 Å². The van der Waals surface area contributed by atoms with E-state index in [9.17, 15) is 12.8 Å². The molecule has 4 rings (SSSR count). The third-order valence-electron chi connectivity index (χ3n) is 5.65. The number of sulfonamides is 1. The number of halogens is 1. The Labute approximate surface area is 176 Å². The van der Waals surface area contributed by atoms with Crippen LogP contribution >= 0.6 is 0 Å². The van der Waals surface area contributed by atoms with Crippen LogP contribution < -0.4 is 5.32 Å². The molecule has 0 saturated carbocycles. The summed E-state index contributed by atoms with van der Waals surface area (Å²) < 4.78 is 41.8. The van der Waals surface area contributed by atoms with Gasteiger partial charge < -0.3 is 9.88 Å². The minimum atomic E-state index is -3.22. The number of hydrogen-bond acceptors (Lipinski definition) is 4. The molecular weight excluding hydrogens is 403 g/mol. The van der Waals surface area contributed by atoms with Crippen molar-refractivity contribution >= 4 is 27.0 Å². The molecule has 1 aromatic heterocycles. The molecule has 160 valence electrons. The topological polar surface area (TPSA) is 67.2 Å². The van der Waals surface area contributed by atoms with Crippen LogP contribution in [-0.2, 0) is 16.6 Å². The zero-order valence-corrected chi connectivity index (χ0v) is 18.1. The van der Waals surface area contributed by atoms with Crippen molar-refractivity contribution in [1.29, 1.82) is 0 Å². The van der Waals surface area contributed by atoms with Crippen LogP contribution in [-0.4, -0.2) is 46.7 Å². The van der Waals surface area contributed by atoms with Gasteiger partial charge in [0.1, 0.15) is 5.82 Å². The van der Waals surface area contributed by atoms with Gasteiger partial charge in [-0.3, -0.25) is 0 Å². The third kappa shape index (κ3) is 4.20. The van der Waals surface area contributed by atoms with Gasteiger partial charge in [-0.05, 0) is 56.5 Å². The lowest BCUT2D eigenvalue weighted by Crippen LogP contribution is -2.45. The predicted octanol–water partition coefficient (Wildman–Crippen LogP) is 3.84. The minimum Gasteiger partial charge on any atom is -0.353 e. The molecule has 0 bridgehead atoms. The first kappa shape index (κ1) is 20.8. The molecule has 1 aliphatic rings. The van der Waals surface area contributed by atoms with Crippen LogP contribution in [0.25, 0.3) is 11.0 Å². The lowest BCUT2D eigenvalue weighted by molar-refractivity contribution is 0.326. The highest BCUT2D eigenvalue weighted by atomic mass is 32.2. The maximum absolute atomic E-state index is 13.3. The van der Waals surface area contributed by atoms with Gasteiger partial charge in [-0.15, -0.1) is 0 Å². The Kier molecular flexibility index (Phi) is 5.79. The smallest absolute Gasteiger partial charge is 0.216 e. The molecule has 1 fully saturated rings. The summed E-state index contributed by atoms with van der Waals surface area (Å²) in [6.07, 6.45) is 1.46. The van der Waals surface area contributed by atoms with Crippen molar-refractivity contribution in [2.45, 2.75) is 44.5 Å². The van der Waals surface area contributed by atoms with E-state index in [-0.39, 0.29) is 11.9 Å². The van der Waals surface area contributed by atoms with Crippen molar-refractivity contribution in [2.75, 3.05) is 18.4 Å². The molecule has 0 unspecified atom stereocenters. The van der Waals surface area contributed by atoms with Crippen molar-refractivity contribution in [2.24, 2.45) is 0 Å². The Hall–Kier alpha value is -2.45. The summed E-state index contributed by atoms with van der Waals surface area (Å²) in [6.45, 7) is 5.03. The molecule has 30 heavy (non-hydrogen) atoms. The number of imidazole rings is 1. The van der Waals surface area contributed by atoms with Gasteiger partial charge in [0.15, 0.2) is 0 Å². The molecule has 2 heterocycles. The second-order valence-electron chi connectivity index (χ2n) is 8.05. The van der Waals surface area contributed by atoms with E-state index in [1.165, 1.54) is 12.1 Å². The highest BCUT2D eigenvalue weighted by Crippen LogP contribution is 2.25. The van der Waals surface area contributed by atoms with Gasteiger partial charge >= 0.3 is 0 Å². The van der Waals surface area contributed by atoms with E-state index >= 15 is 0 Å². The molecule has 2 aromatic carbocycles. The first-order chi connectivity index (χ1) is 14.3. The number of nitrogens with zero attached hydrogens (tertiary/aromatic N) is 3. The summed E-state index contributed by atoms with van der Waals surface area (Å²) in [4.78, 5) is 4.76. The predicted molar refractivity (Wildman–Crippen MR) is 118 cm³/mol. The number of hydrogen-bond donors (Lipinski definition) is 1. The highest BCUT2D eigenvalue weighted by molar-refractivity contribution is 7.89. The summed E-state index contributed by atoms with van der Waals surface area (Å²) in [5, 5.41) is 3.13. The lowest BCUT2D eigenvalue weighted by Gasteiger charge is -2.33.